The van der Waals surface area contributed by atoms with Gasteiger partial charge in [0, 0.05) is 0 Å². The first-order valence-electron chi connectivity index (χ1n) is 8.49. The van der Waals surface area contributed by atoms with Crippen molar-refractivity contribution >= 4 is 0 Å². The lowest BCUT2D eigenvalue weighted by molar-refractivity contribution is 0.0831. The Morgan fingerprint density at radius 3 is 2.14 bits per heavy atom. The molecule has 0 atom stereocenters. The van der Waals surface area contributed by atoms with Gasteiger partial charge in [-0.15, -0.1) is 0 Å². The van der Waals surface area contributed by atoms with Crippen LogP contribution < -0.4 is 0 Å². The van der Waals surface area contributed by atoms with Gasteiger partial charge in [-0.3, -0.25) is 9.80 Å². The molecule has 2 fully saturated rings. The van der Waals surface area contributed by atoms with Crippen molar-refractivity contribution in [3.05, 3.63) is 35.6 Å². The molecule has 0 saturated carbocycles. The van der Waals surface area contributed by atoms with E-state index in [4.69, 9.17) is 0 Å². The Morgan fingerprint density at radius 2 is 1.48 bits per heavy atom. The molecule has 0 radical (unpaired) electrons. The summed E-state index contributed by atoms with van der Waals surface area (Å²) in [6, 6.07) is 7.05. The predicted octanol–water partition coefficient (Wildman–Crippen LogP) is 3.52. The summed E-state index contributed by atoms with van der Waals surface area (Å²) in [6.45, 7) is 6.19. The van der Waals surface area contributed by atoms with Gasteiger partial charge in [-0.1, -0.05) is 18.6 Å². The lowest BCUT2D eigenvalue weighted by Gasteiger charge is -2.37. The second-order valence-electron chi connectivity index (χ2n) is 6.71. The van der Waals surface area contributed by atoms with Crippen LogP contribution in [0.2, 0.25) is 0 Å². The molecule has 0 unspecified atom stereocenters. The highest BCUT2D eigenvalue weighted by atomic mass is 19.1. The zero-order chi connectivity index (χ0) is 14.5. The summed E-state index contributed by atoms with van der Waals surface area (Å²) in [5.41, 5.74) is 1.28. The van der Waals surface area contributed by atoms with E-state index >= 15 is 0 Å². The van der Waals surface area contributed by atoms with Crippen molar-refractivity contribution in [2.45, 2.75) is 38.5 Å². The molecule has 2 aliphatic rings. The molecule has 116 valence electrons. The quantitative estimate of drug-likeness (QED) is 0.837. The number of nitrogens with zero attached hydrogens (tertiary/aromatic N) is 2. The standard InChI is InChI=1S/C18H27FN2/c19-18-6-4-16(5-7-18)14-17-8-12-21(13-9-17)15-20-10-2-1-3-11-20/h4-7,17H,1-3,8-15H2. The van der Waals surface area contributed by atoms with Gasteiger partial charge in [0.15, 0.2) is 0 Å². The zero-order valence-corrected chi connectivity index (χ0v) is 12.9. The fourth-order valence-electron chi connectivity index (χ4n) is 3.67. The highest BCUT2D eigenvalue weighted by Crippen LogP contribution is 2.22. The number of likely N-dealkylation sites (tertiary alicyclic amines) is 2. The van der Waals surface area contributed by atoms with E-state index in [1.807, 2.05) is 12.1 Å². The van der Waals surface area contributed by atoms with Crippen LogP contribution in [0.15, 0.2) is 24.3 Å². The molecular formula is C18H27FN2. The Balaban J connectivity index is 1.41. The van der Waals surface area contributed by atoms with Gasteiger partial charge < -0.3 is 0 Å². The Hall–Kier alpha value is -0.930. The SMILES string of the molecule is Fc1ccc(CC2CCN(CN3CCCCC3)CC2)cc1. The average Bonchev–Trinajstić information content (AvgIpc) is 2.53. The highest BCUT2D eigenvalue weighted by molar-refractivity contribution is 5.16. The van der Waals surface area contributed by atoms with E-state index in [1.165, 1.54) is 70.5 Å². The molecule has 1 aromatic rings. The number of piperidine rings is 2. The minimum Gasteiger partial charge on any atom is -0.290 e. The number of benzene rings is 1. The normalized spacial score (nSPS) is 22.5. The number of halogens is 1. The Labute approximate surface area is 127 Å². The summed E-state index contributed by atoms with van der Waals surface area (Å²) in [5, 5.41) is 0. The van der Waals surface area contributed by atoms with E-state index in [-0.39, 0.29) is 5.82 Å². The number of hydrogen-bond donors (Lipinski definition) is 0. The molecule has 0 aromatic heterocycles. The molecule has 2 nitrogen and oxygen atoms in total. The van der Waals surface area contributed by atoms with E-state index in [0.29, 0.717) is 0 Å². The van der Waals surface area contributed by atoms with Gasteiger partial charge >= 0.3 is 0 Å². The third-order valence-corrected chi connectivity index (χ3v) is 4.99. The zero-order valence-electron chi connectivity index (χ0n) is 12.9. The molecule has 0 spiro atoms. The molecule has 21 heavy (non-hydrogen) atoms. The van der Waals surface area contributed by atoms with Crippen LogP contribution in [0.5, 0.6) is 0 Å². The van der Waals surface area contributed by atoms with E-state index < -0.39 is 0 Å². The summed E-state index contributed by atoms with van der Waals surface area (Å²) in [7, 11) is 0. The van der Waals surface area contributed by atoms with Gasteiger partial charge in [-0.25, -0.2) is 4.39 Å². The molecule has 0 amide bonds. The second-order valence-corrected chi connectivity index (χ2v) is 6.71. The van der Waals surface area contributed by atoms with Crippen molar-refractivity contribution in [3.63, 3.8) is 0 Å². The van der Waals surface area contributed by atoms with Crippen molar-refractivity contribution < 1.29 is 4.39 Å². The lowest BCUT2D eigenvalue weighted by Crippen LogP contribution is -2.44. The van der Waals surface area contributed by atoms with Gasteiger partial charge in [0.25, 0.3) is 0 Å². The maximum atomic E-state index is 12.9. The first-order chi connectivity index (χ1) is 10.3. The van der Waals surface area contributed by atoms with Crippen LogP contribution in [0.1, 0.15) is 37.7 Å². The van der Waals surface area contributed by atoms with E-state index in [2.05, 4.69) is 9.80 Å². The molecule has 3 heteroatoms. The van der Waals surface area contributed by atoms with Crippen molar-refractivity contribution in [1.82, 2.24) is 9.80 Å². The van der Waals surface area contributed by atoms with Gasteiger partial charge in [-0.2, -0.15) is 0 Å². The summed E-state index contributed by atoms with van der Waals surface area (Å²) in [5.74, 6) is 0.642. The first kappa shape index (κ1) is 15.0. The number of hydrogen-bond acceptors (Lipinski definition) is 2. The van der Waals surface area contributed by atoms with Crippen LogP contribution in [-0.2, 0) is 6.42 Å². The minimum atomic E-state index is -0.130. The third-order valence-electron chi connectivity index (χ3n) is 4.99. The van der Waals surface area contributed by atoms with Crippen LogP contribution >= 0.6 is 0 Å². The van der Waals surface area contributed by atoms with Crippen molar-refractivity contribution in [1.29, 1.82) is 0 Å². The Morgan fingerprint density at radius 1 is 0.857 bits per heavy atom. The lowest BCUT2D eigenvalue weighted by atomic mass is 9.90. The van der Waals surface area contributed by atoms with Gasteiger partial charge in [0.05, 0.1) is 6.67 Å². The fraction of sp³-hybridized carbons (Fsp3) is 0.667. The molecule has 2 heterocycles. The molecule has 0 N–H and O–H groups in total. The van der Waals surface area contributed by atoms with Crippen LogP contribution in [-0.4, -0.2) is 42.6 Å². The highest BCUT2D eigenvalue weighted by Gasteiger charge is 2.21. The largest absolute Gasteiger partial charge is 0.290 e. The Kier molecular flexibility index (Phi) is 5.26. The van der Waals surface area contributed by atoms with E-state index in [0.717, 1.165) is 12.3 Å². The monoisotopic (exact) mass is 290 g/mol. The topological polar surface area (TPSA) is 6.48 Å². The van der Waals surface area contributed by atoms with Gasteiger partial charge in [0.2, 0.25) is 0 Å². The third kappa shape index (κ3) is 4.52. The minimum absolute atomic E-state index is 0.130. The van der Waals surface area contributed by atoms with Crippen LogP contribution in [0.3, 0.4) is 0 Å². The van der Waals surface area contributed by atoms with Crippen molar-refractivity contribution in [2.75, 3.05) is 32.8 Å². The van der Waals surface area contributed by atoms with Gasteiger partial charge in [-0.05, 0) is 81.9 Å². The summed E-state index contributed by atoms with van der Waals surface area (Å²) in [4.78, 5) is 5.23. The second kappa shape index (κ2) is 7.37. The summed E-state index contributed by atoms with van der Waals surface area (Å²) >= 11 is 0. The smallest absolute Gasteiger partial charge is 0.123 e. The predicted molar refractivity (Wildman–Crippen MR) is 84.7 cm³/mol. The van der Waals surface area contributed by atoms with Gasteiger partial charge in [0.1, 0.15) is 5.82 Å². The maximum absolute atomic E-state index is 12.9. The molecule has 0 bridgehead atoms. The molecular weight excluding hydrogens is 263 g/mol. The van der Waals surface area contributed by atoms with Crippen molar-refractivity contribution in [2.24, 2.45) is 5.92 Å². The summed E-state index contributed by atoms with van der Waals surface area (Å²) in [6.07, 6.45) is 7.84. The number of rotatable bonds is 4. The van der Waals surface area contributed by atoms with Crippen LogP contribution in [0.4, 0.5) is 4.39 Å². The molecule has 1 aromatic carbocycles. The molecule has 0 aliphatic carbocycles. The van der Waals surface area contributed by atoms with Crippen LogP contribution in [0, 0.1) is 11.7 Å². The average molecular weight is 290 g/mol. The van der Waals surface area contributed by atoms with Crippen molar-refractivity contribution in [3.8, 4) is 0 Å². The maximum Gasteiger partial charge on any atom is 0.123 e. The Bertz CT molecular complexity index is 417. The molecule has 3 rings (SSSR count). The van der Waals surface area contributed by atoms with Crippen LogP contribution in [0.25, 0.3) is 0 Å². The fourth-order valence-corrected chi connectivity index (χ4v) is 3.67. The van der Waals surface area contributed by atoms with E-state index in [9.17, 15) is 4.39 Å². The first-order valence-corrected chi connectivity index (χ1v) is 8.49. The molecule has 2 saturated heterocycles. The van der Waals surface area contributed by atoms with E-state index in [1.54, 1.807) is 12.1 Å². The summed E-state index contributed by atoms with van der Waals surface area (Å²) < 4.78 is 12.9. The molecule has 2 aliphatic heterocycles.